The average Bonchev–Trinajstić information content (AvgIpc) is 2.46. The van der Waals surface area contributed by atoms with Crippen LogP contribution in [0.5, 0.6) is 0 Å². The summed E-state index contributed by atoms with van der Waals surface area (Å²) in [4.78, 5) is 0. The highest BCUT2D eigenvalue weighted by Gasteiger charge is 2.46. The molecule has 0 aliphatic carbocycles. The average molecular weight is 317 g/mol. The zero-order valence-corrected chi connectivity index (χ0v) is 16.1. The summed E-state index contributed by atoms with van der Waals surface area (Å²) in [6.45, 7) is 13.8. The van der Waals surface area contributed by atoms with E-state index in [9.17, 15) is 0 Å². The van der Waals surface area contributed by atoms with E-state index in [0.717, 1.165) is 19.3 Å². The third kappa shape index (κ3) is 4.92. The molecule has 0 fully saturated rings. The third-order valence-electron chi connectivity index (χ3n) is 4.62. The van der Waals surface area contributed by atoms with Gasteiger partial charge >= 0.3 is 0 Å². The number of unbranched alkanes of at least 4 members (excludes halogenated alkanes) is 1. The van der Waals surface area contributed by atoms with E-state index in [4.69, 9.17) is 4.43 Å². The molecule has 0 unspecified atom stereocenters. The minimum absolute atomic E-state index is 0.589. The summed E-state index contributed by atoms with van der Waals surface area (Å²) in [5, 5.41) is 0. The van der Waals surface area contributed by atoms with Gasteiger partial charge in [0.15, 0.2) is 0 Å². The third-order valence-corrected chi connectivity index (χ3v) is 10.5. The number of aryl methyl sites for hydroxylation is 1. The molecule has 0 radical (unpaired) electrons. The van der Waals surface area contributed by atoms with E-state index >= 15 is 0 Å². The first kappa shape index (κ1) is 18.8. The van der Waals surface area contributed by atoms with Gasteiger partial charge in [-0.1, -0.05) is 77.8 Å². The van der Waals surface area contributed by atoms with Crippen molar-refractivity contribution in [2.45, 2.75) is 77.4 Å². The second-order valence-corrected chi connectivity index (χ2v) is 12.4. The Morgan fingerprint density at radius 3 is 1.95 bits per heavy atom. The molecule has 0 saturated heterocycles. The molecule has 0 spiro atoms. The van der Waals surface area contributed by atoms with Gasteiger partial charge in [-0.25, -0.2) is 0 Å². The molecule has 22 heavy (non-hydrogen) atoms. The Hall–Kier alpha value is -1.20. The summed E-state index contributed by atoms with van der Waals surface area (Å²) in [7, 11) is -1.83. The van der Waals surface area contributed by atoms with Crippen molar-refractivity contribution in [3.8, 4) is 12.0 Å². The lowest BCUT2D eigenvalue weighted by Crippen LogP contribution is -2.46. The summed E-state index contributed by atoms with van der Waals surface area (Å²) in [6, 6.07) is 10.6. The van der Waals surface area contributed by atoms with Gasteiger partial charge in [-0.2, -0.15) is 0 Å². The monoisotopic (exact) mass is 316 g/mol. The van der Waals surface area contributed by atoms with Crippen LogP contribution >= 0.6 is 0 Å². The molecule has 0 bridgehead atoms. The number of benzene rings is 1. The van der Waals surface area contributed by atoms with Gasteiger partial charge < -0.3 is 4.43 Å². The Balaban J connectivity index is 2.53. The van der Waals surface area contributed by atoms with Gasteiger partial charge in [0.05, 0.1) is 6.11 Å². The lowest BCUT2D eigenvalue weighted by atomic mass is 10.1. The lowest BCUT2D eigenvalue weighted by Gasteiger charge is -2.39. The van der Waals surface area contributed by atoms with Crippen molar-refractivity contribution >= 4 is 8.32 Å². The molecule has 2 heteroatoms. The summed E-state index contributed by atoms with van der Waals surface area (Å²) >= 11 is 0. The molecule has 1 aromatic carbocycles. The molecule has 1 nitrogen and oxygen atoms in total. The Morgan fingerprint density at radius 1 is 0.909 bits per heavy atom. The molecule has 122 valence electrons. The zero-order chi connectivity index (χ0) is 16.6. The van der Waals surface area contributed by atoms with Gasteiger partial charge in [0.25, 0.3) is 8.32 Å². The largest absolute Gasteiger partial charge is 0.500 e. The van der Waals surface area contributed by atoms with Gasteiger partial charge in [0.2, 0.25) is 0 Å². The van der Waals surface area contributed by atoms with Crippen LogP contribution in [-0.4, -0.2) is 8.32 Å². The van der Waals surface area contributed by atoms with Gasteiger partial charge in [-0.15, -0.1) is 0 Å². The first-order valence-corrected chi connectivity index (χ1v) is 10.7. The number of hydrogen-bond acceptors (Lipinski definition) is 1. The van der Waals surface area contributed by atoms with Crippen molar-refractivity contribution in [3.05, 3.63) is 35.9 Å². The van der Waals surface area contributed by atoms with E-state index in [0.29, 0.717) is 16.6 Å². The first-order valence-electron chi connectivity index (χ1n) is 8.61. The minimum Gasteiger partial charge on any atom is -0.500 e. The lowest BCUT2D eigenvalue weighted by molar-refractivity contribution is 0.446. The Bertz CT molecular complexity index is 458. The Labute approximate surface area is 138 Å². The van der Waals surface area contributed by atoms with Crippen LogP contribution in [0.25, 0.3) is 0 Å². The maximum atomic E-state index is 6.24. The summed E-state index contributed by atoms with van der Waals surface area (Å²) in [5.74, 6) is 3.24. The molecule has 0 saturated carbocycles. The van der Waals surface area contributed by atoms with Crippen molar-refractivity contribution in [1.82, 2.24) is 0 Å². The van der Waals surface area contributed by atoms with Crippen molar-refractivity contribution in [2.75, 3.05) is 0 Å². The predicted octanol–water partition coefficient (Wildman–Crippen LogP) is 6.16. The normalized spacial score (nSPS) is 11.7. The van der Waals surface area contributed by atoms with Crippen LogP contribution in [0.1, 0.15) is 59.9 Å². The first-order chi connectivity index (χ1) is 10.4. The molecule has 1 rings (SSSR count). The van der Waals surface area contributed by atoms with Crippen molar-refractivity contribution < 1.29 is 4.43 Å². The van der Waals surface area contributed by atoms with E-state index in [2.05, 4.69) is 83.9 Å². The molecule has 0 aromatic heterocycles. The maximum Gasteiger partial charge on any atom is 0.272 e. The van der Waals surface area contributed by atoms with E-state index in [1.165, 1.54) is 5.56 Å². The fourth-order valence-corrected chi connectivity index (χ4v) is 8.51. The fourth-order valence-electron chi connectivity index (χ4n) is 3.55. The van der Waals surface area contributed by atoms with Gasteiger partial charge in [-0.05, 0) is 35.0 Å². The number of rotatable bonds is 7. The van der Waals surface area contributed by atoms with Crippen LogP contribution in [0.15, 0.2) is 30.3 Å². The van der Waals surface area contributed by atoms with Crippen LogP contribution in [0, 0.1) is 12.0 Å². The fraction of sp³-hybridized carbons (Fsp3) is 0.600. The van der Waals surface area contributed by atoms with E-state index < -0.39 is 8.32 Å². The summed E-state index contributed by atoms with van der Waals surface area (Å²) in [6.07, 6.45) is 6.17. The Morgan fingerprint density at radius 2 is 1.45 bits per heavy atom. The van der Waals surface area contributed by atoms with E-state index in [1.807, 2.05) is 0 Å². The second kappa shape index (κ2) is 9.05. The molecular formula is C20H32OSi. The van der Waals surface area contributed by atoms with Gasteiger partial charge in [0, 0.05) is 6.42 Å². The molecule has 1 aromatic rings. The quantitative estimate of drug-likeness (QED) is 0.332. The molecule has 0 aliphatic rings. The maximum absolute atomic E-state index is 6.24. The van der Waals surface area contributed by atoms with Crippen LogP contribution in [-0.2, 0) is 10.8 Å². The van der Waals surface area contributed by atoms with Crippen LogP contribution < -0.4 is 0 Å². The minimum atomic E-state index is -1.83. The number of hydrogen-bond donors (Lipinski definition) is 0. The van der Waals surface area contributed by atoms with E-state index in [1.54, 1.807) is 0 Å². The van der Waals surface area contributed by atoms with Crippen molar-refractivity contribution in [2.24, 2.45) is 0 Å². The van der Waals surface area contributed by atoms with Gasteiger partial charge in [0.1, 0.15) is 0 Å². The summed E-state index contributed by atoms with van der Waals surface area (Å²) < 4.78 is 6.24. The molecule has 0 aliphatic heterocycles. The topological polar surface area (TPSA) is 9.23 Å². The molecular weight excluding hydrogens is 284 g/mol. The Kier molecular flexibility index (Phi) is 7.75. The molecule has 0 amide bonds. The predicted molar refractivity (Wildman–Crippen MR) is 99.3 cm³/mol. The standard InChI is InChI=1S/C20H32OSi/c1-17(2)22(18(3)4,19(5)6)21-16-12-8-11-15-20-13-9-7-10-14-20/h7,9-10,13-14,17-19H,8,11,15H2,1-6H3. The smallest absolute Gasteiger partial charge is 0.272 e. The highest BCUT2D eigenvalue weighted by atomic mass is 28.4. The summed E-state index contributed by atoms with van der Waals surface area (Å²) in [5.41, 5.74) is 3.16. The zero-order valence-electron chi connectivity index (χ0n) is 15.1. The highest BCUT2D eigenvalue weighted by Crippen LogP contribution is 2.41. The molecule has 0 atom stereocenters. The van der Waals surface area contributed by atoms with Crippen LogP contribution in [0.3, 0.4) is 0 Å². The van der Waals surface area contributed by atoms with Crippen LogP contribution in [0.4, 0.5) is 0 Å². The second-order valence-electron chi connectivity index (χ2n) is 7.04. The SMILES string of the molecule is CC(C)[Si](OC#CCCCc1ccccc1)(C(C)C)C(C)C. The highest BCUT2D eigenvalue weighted by molar-refractivity contribution is 6.77. The van der Waals surface area contributed by atoms with E-state index in [-0.39, 0.29) is 0 Å². The van der Waals surface area contributed by atoms with Crippen LogP contribution in [0.2, 0.25) is 16.6 Å². The van der Waals surface area contributed by atoms with Gasteiger partial charge in [-0.3, -0.25) is 0 Å². The van der Waals surface area contributed by atoms with Crippen molar-refractivity contribution in [1.29, 1.82) is 0 Å². The molecule has 0 N–H and O–H groups in total. The molecule has 0 heterocycles. The van der Waals surface area contributed by atoms with Crippen molar-refractivity contribution in [3.63, 3.8) is 0 Å².